The van der Waals surface area contributed by atoms with Crippen molar-refractivity contribution in [2.75, 3.05) is 11.5 Å². The van der Waals surface area contributed by atoms with Gasteiger partial charge in [0.2, 0.25) is 0 Å². The molecule has 1 atom stereocenters. The van der Waals surface area contributed by atoms with E-state index in [-0.39, 0.29) is 17.5 Å². The molecule has 1 amide bonds. The second kappa shape index (κ2) is 7.79. The Hall–Kier alpha value is -0.550. The maximum absolute atomic E-state index is 13.7. The summed E-state index contributed by atoms with van der Waals surface area (Å²) in [6.45, 7) is 4.04. The van der Waals surface area contributed by atoms with E-state index in [1.807, 2.05) is 18.7 Å². The Bertz CT molecular complexity index is 414. The van der Waals surface area contributed by atoms with Gasteiger partial charge in [-0.1, -0.05) is 13.0 Å². The molecule has 0 fully saturated rings. The summed E-state index contributed by atoms with van der Waals surface area (Å²) >= 11 is 4.91. The van der Waals surface area contributed by atoms with Crippen molar-refractivity contribution in [1.82, 2.24) is 5.32 Å². The maximum Gasteiger partial charge on any atom is 0.254 e. The van der Waals surface area contributed by atoms with Gasteiger partial charge in [0.15, 0.2) is 0 Å². The van der Waals surface area contributed by atoms with Gasteiger partial charge in [0, 0.05) is 6.04 Å². The fourth-order valence-electron chi connectivity index (χ4n) is 1.46. The van der Waals surface area contributed by atoms with Gasteiger partial charge < -0.3 is 5.32 Å². The molecule has 1 unspecified atom stereocenters. The van der Waals surface area contributed by atoms with Crippen molar-refractivity contribution in [3.05, 3.63) is 34.1 Å². The molecule has 5 heteroatoms. The Kier molecular flexibility index (Phi) is 6.71. The molecule has 0 aliphatic carbocycles. The number of thioether (sulfide) groups is 1. The number of hydrogen-bond acceptors (Lipinski definition) is 2. The first-order valence-corrected chi connectivity index (χ1v) is 7.83. The Labute approximate surface area is 120 Å². The van der Waals surface area contributed by atoms with Gasteiger partial charge in [-0.15, -0.1) is 0 Å². The summed E-state index contributed by atoms with van der Waals surface area (Å²) < 4.78 is 14.0. The van der Waals surface area contributed by atoms with E-state index in [2.05, 4.69) is 28.2 Å². The third kappa shape index (κ3) is 4.61. The van der Waals surface area contributed by atoms with Gasteiger partial charge in [-0.2, -0.15) is 11.8 Å². The van der Waals surface area contributed by atoms with E-state index in [0.717, 1.165) is 17.9 Å². The quantitative estimate of drug-likeness (QED) is 0.801. The Morgan fingerprint density at radius 1 is 1.56 bits per heavy atom. The molecule has 0 spiro atoms. The molecule has 2 nitrogen and oxygen atoms in total. The van der Waals surface area contributed by atoms with Gasteiger partial charge in [0.1, 0.15) is 5.82 Å². The smallest absolute Gasteiger partial charge is 0.254 e. The summed E-state index contributed by atoms with van der Waals surface area (Å²) in [4.78, 5) is 11.9. The summed E-state index contributed by atoms with van der Waals surface area (Å²) in [6.07, 6.45) is 0.889. The van der Waals surface area contributed by atoms with Crippen LogP contribution in [-0.4, -0.2) is 23.5 Å². The summed E-state index contributed by atoms with van der Waals surface area (Å²) in [5.41, 5.74) is 0.0827. The Morgan fingerprint density at radius 2 is 2.28 bits per heavy atom. The second-order valence-electron chi connectivity index (χ2n) is 3.96. The number of benzene rings is 1. The van der Waals surface area contributed by atoms with Crippen LogP contribution in [-0.2, 0) is 0 Å². The predicted octanol–water partition coefficient (Wildman–Crippen LogP) is 3.85. The van der Waals surface area contributed by atoms with Crippen LogP contribution < -0.4 is 5.32 Å². The molecule has 0 radical (unpaired) electrons. The van der Waals surface area contributed by atoms with Crippen LogP contribution in [0.25, 0.3) is 0 Å². The van der Waals surface area contributed by atoms with Crippen LogP contribution >= 0.6 is 27.7 Å². The summed E-state index contributed by atoms with van der Waals surface area (Å²) in [5, 5.41) is 2.81. The lowest BCUT2D eigenvalue weighted by Crippen LogP contribution is -2.33. The topological polar surface area (TPSA) is 29.1 Å². The largest absolute Gasteiger partial charge is 0.349 e. The maximum atomic E-state index is 13.7. The highest BCUT2D eigenvalue weighted by Crippen LogP contribution is 2.18. The van der Waals surface area contributed by atoms with Crippen LogP contribution in [0.4, 0.5) is 4.39 Å². The van der Waals surface area contributed by atoms with Gasteiger partial charge in [-0.25, -0.2) is 4.39 Å². The first kappa shape index (κ1) is 15.5. The number of hydrogen-bond donors (Lipinski definition) is 1. The lowest BCUT2D eigenvalue weighted by Gasteiger charge is -2.14. The van der Waals surface area contributed by atoms with Crippen LogP contribution in [0.5, 0.6) is 0 Å². The predicted molar refractivity (Wildman–Crippen MR) is 78.6 cm³/mol. The van der Waals surface area contributed by atoms with Crippen molar-refractivity contribution in [1.29, 1.82) is 0 Å². The minimum Gasteiger partial charge on any atom is -0.349 e. The molecule has 18 heavy (non-hydrogen) atoms. The molecule has 0 aliphatic heterocycles. The molecule has 0 saturated carbocycles. The van der Waals surface area contributed by atoms with E-state index in [0.29, 0.717) is 4.47 Å². The van der Waals surface area contributed by atoms with Crippen molar-refractivity contribution >= 4 is 33.6 Å². The second-order valence-corrected chi connectivity index (χ2v) is 6.21. The van der Waals surface area contributed by atoms with E-state index in [4.69, 9.17) is 0 Å². The molecular formula is C13H17BrFNOS. The van der Waals surface area contributed by atoms with Gasteiger partial charge >= 0.3 is 0 Å². The molecule has 1 aromatic carbocycles. The zero-order chi connectivity index (χ0) is 13.5. The highest BCUT2D eigenvalue weighted by atomic mass is 79.9. The number of amides is 1. The normalized spacial score (nSPS) is 12.2. The molecule has 1 rings (SSSR count). The molecular weight excluding hydrogens is 317 g/mol. The number of carbonyl (C=O) groups excluding carboxylic acids is 1. The first-order chi connectivity index (χ1) is 8.56. The number of halogens is 2. The van der Waals surface area contributed by atoms with Crippen LogP contribution in [0.3, 0.4) is 0 Å². The Balaban J connectivity index is 2.57. The highest BCUT2D eigenvalue weighted by molar-refractivity contribution is 9.10. The number of carbonyl (C=O) groups is 1. The molecule has 0 saturated heterocycles. The van der Waals surface area contributed by atoms with E-state index in [9.17, 15) is 9.18 Å². The van der Waals surface area contributed by atoms with E-state index in [1.165, 1.54) is 6.07 Å². The molecule has 0 aromatic heterocycles. The third-order valence-electron chi connectivity index (χ3n) is 2.47. The summed E-state index contributed by atoms with van der Waals surface area (Å²) in [6, 6.07) is 4.77. The average Bonchev–Trinajstić information content (AvgIpc) is 2.32. The van der Waals surface area contributed by atoms with E-state index < -0.39 is 5.82 Å². The van der Waals surface area contributed by atoms with Gasteiger partial charge in [-0.05, 0) is 52.9 Å². The monoisotopic (exact) mass is 333 g/mol. The lowest BCUT2D eigenvalue weighted by atomic mass is 10.1. The zero-order valence-electron chi connectivity index (χ0n) is 10.5. The van der Waals surface area contributed by atoms with Crippen LogP contribution in [0.15, 0.2) is 22.7 Å². The van der Waals surface area contributed by atoms with Gasteiger partial charge in [0.25, 0.3) is 5.91 Å². The van der Waals surface area contributed by atoms with Gasteiger partial charge in [-0.3, -0.25) is 4.79 Å². The number of rotatable bonds is 6. The fraction of sp³-hybridized carbons (Fsp3) is 0.462. The highest BCUT2D eigenvalue weighted by Gasteiger charge is 2.15. The average molecular weight is 334 g/mol. The molecule has 1 N–H and O–H groups in total. The molecule has 0 aliphatic rings. The van der Waals surface area contributed by atoms with Crippen LogP contribution in [0.1, 0.15) is 30.6 Å². The van der Waals surface area contributed by atoms with Crippen molar-refractivity contribution < 1.29 is 9.18 Å². The van der Waals surface area contributed by atoms with Crippen molar-refractivity contribution in [2.45, 2.75) is 26.3 Å². The molecule has 0 heterocycles. The van der Waals surface area contributed by atoms with E-state index in [1.54, 1.807) is 12.1 Å². The molecule has 1 aromatic rings. The van der Waals surface area contributed by atoms with Crippen LogP contribution in [0.2, 0.25) is 0 Å². The minimum absolute atomic E-state index is 0.0509. The van der Waals surface area contributed by atoms with Gasteiger partial charge in [0.05, 0.1) is 10.0 Å². The van der Waals surface area contributed by atoms with Crippen molar-refractivity contribution in [3.63, 3.8) is 0 Å². The van der Waals surface area contributed by atoms with Crippen molar-refractivity contribution in [3.8, 4) is 0 Å². The molecule has 100 valence electrons. The minimum atomic E-state index is -0.509. The Morgan fingerprint density at radius 3 is 2.94 bits per heavy atom. The number of nitrogens with one attached hydrogen (secondary N) is 1. The van der Waals surface area contributed by atoms with Crippen LogP contribution in [0, 0.1) is 5.82 Å². The summed E-state index contributed by atoms with van der Waals surface area (Å²) in [5.74, 6) is 1.20. The standard InChI is InChI=1S/C13H17BrFNOS/c1-3-18-8-7-9(2)16-13(17)10-5-4-6-11(14)12(10)15/h4-6,9H,3,7-8H2,1-2H3,(H,16,17). The first-order valence-electron chi connectivity index (χ1n) is 5.88. The zero-order valence-corrected chi connectivity index (χ0v) is 12.9. The molecule has 0 bridgehead atoms. The fourth-order valence-corrected chi connectivity index (χ4v) is 2.63. The van der Waals surface area contributed by atoms with E-state index >= 15 is 0 Å². The third-order valence-corrected chi connectivity index (χ3v) is 4.02. The lowest BCUT2D eigenvalue weighted by molar-refractivity contribution is 0.0935. The summed E-state index contributed by atoms with van der Waals surface area (Å²) in [7, 11) is 0. The van der Waals surface area contributed by atoms with Crippen molar-refractivity contribution in [2.24, 2.45) is 0 Å². The SMILES string of the molecule is CCSCCC(C)NC(=O)c1cccc(Br)c1F.